The first-order chi connectivity index (χ1) is 44.0. The summed E-state index contributed by atoms with van der Waals surface area (Å²) in [6.45, 7) is 4.15. The molecule has 1 N–H and O–H groups in total. The second kappa shape index (κ2) is 69.0. The van der Waals surface area contributed by atoms with Gasteiger partial charge in [-0.3, -0.25) is 18.6 Å². The Balaban J connectivity index is 4.09. The van der Waals surface area contributed by atoms with Gasteiger partial charge in [0, 0.05) is 12.8 Å². The van der Waals surface area contributed by atoms with Gasteiger partial charge >= 0.3 is 19.8 Å². The standard InChI is InChI=1S/C80H134NO8P/c1-6-8-10-12-14-16-18-20-22-24-26-28-30-32-34-36-37-38-39-40-41-42-43-45-46-48-50-52-54-56-58-60-62-64-66-68-70-72-79(82)86-76-78(77-88-90(84,85)87-75-74-81(3,4)5)89-80(83)73-71-69-67-65-63-61-59-57-55-53-51-49-47-44-35-33-31-29-27-25-23-21-19-17-15-13-11-9-7-2/h8-11,14-17,20-23,26-29,33,35,47,49,53,55,59,61,65,67,78H,6-7,12-13,18-19,24-25,30-32,34,36-46,48,50-52,54,56-58,60,62-64,66,68-77H2,1-5H3/p+1/b10-8-,11-9-,16-14-,17-15-,22-20-,23-21-,28-26-,29-27-,35-33-,49-47-,55-53-,61-59-,67-65-. The molecule has 10 heteroatoms. The van der Waals surface area contributed by atoms with Gasteiger partial charge in [-0.2, -0.15) is 0 Å². The fourth-order valence-electron chi connectivity index (χ4n) is 9.60. The average Bonchev–Trinajstić information content (AvgIpc) is 3.58. The highest BCUT2D eigenvalue weighted by Gasteiger charge is 2.27. The number of ether oxygens (including phenoxy) is 2. The Labute approximate surface area is 554 Å². The number of unbranched alkanes of at least 4 members (excludes halogenated alkanes) is 25. The van der Waals surface area contributed by atoms with Crippen LogP contribution in [0.4, 0.5) is 0 Å². The number of likely N-dealkylation sites (N-methyl/N-ethyl adjacent to an activating group) is 1. The Morgan fingerprint density at radius 3 is 0.922 bits per heavy atom. The van der Waals surface area contributed by atoms with Crippen molar-refractivity contribution in [3.05, 3.63) is 158 Å². The molecule has 2 unspecified atom stereocenters. The highest BCUT2D eigenvalue weighted by molar-refractivity contribution is 7.47. The molecule has 0 spiro atoms. The molecular weight excluding hydrogens is 1130 g/mol. The van der Waals surface area contributed by atoms with Crippen molar-refractivity contribution < 1.29 is 42.1 Å². The number of allylic oxidation sites excluding steroid dienone is 26. The molecule has 9 nitrogen and oxygen atoms in total. The first-order valence-electron chi connectivity index (χ1n) is 36.2. The van der Waals surface area contributed by atoms with E-state index in [-0.39, 0.29) is 32.0 Å². The maximum atomic E-state index is 12.9. The van der Waals surface area contributed by atoms with E-state index in [1.165, 1.54) is 141 Å². The van der Waals surface area contributed by atoms with E-state index in [4.69, 9.17) is 18.5 Å². The summed E-state index contributed by atoms with van der Waals surface area (Å²) in [5, 5.41) is 0. The zero-order chi connectivity index (χ0) is 65.5. The molecule has 0 aromatic carbocycles. The van der Waals surface area contributed by atoms with E-state index in [1.54, 1.807) is 0 Å². The number of phosphoric acid groups is 1. The maximum absolute atomic E-state index is 12.9. The number of quaternary nitrogens is 1. The van der Waals surface area contributed by atoms with E-state index >= 15 is 0 Å². The van der Waals surface area contributed by atoms with Crippen LogP contribution in [0.3, 0.4) is 0 Å². The van der Waals surface area contributed by atoms with Gasteiger partial charge < -0.3 is 18.9 Å². The number of esters is 2. The van der Waals surface area contributed by atoms with Gasteiger partial charge in [-0.15, -0.1) is 0 Å². The van der Waals surface area contributed by atoms with Crippen molar-refractivity contribution >= 4 is 19.8 Å². The zero-order valence-electron chi connectivity index (χ0n) is 58.3. The summed E-state index contributed by atoms with van der Waals surface area (Å²) >= 11 is 0. The Hall–Kier alpha value is -4.37. The summed E-state index contributed by atoms with van der Waals surface area (Å²) in [5.74, 6) is -0.868. The Bertz CT molecular complexity index is 2080. The molecule has 0 saturated heterocycles. The number of carbonyl (C=O) groups excluding carboxylic acids is 2. The minimum absolute atomic E-state index is 0.0140. The van der Waals surface area contributed by atoms with Crippen LogP contribution in [0.5, 0.6) is 0 Å². The predicted octanol–water partition coefficient (Wildman–Crippen LogP) is 23.9. The maximum Gasteiger partial charge on any atom is 0.472 e. The lowest BCUT2D eigenvalue weighted by Crippen LogP contribution is -2.37. The van der Waals surface area contributed by atoms with Gasteiger partial charge in [0.1, 0.15) is 19.8 Å². The highest BCUT2D eigenvalue weighted by atomic mass is 31.2. The fourth-order valence-corrected chi connectivity index (χ4v) is 10.3. The molecule has 512 valence electrons. The van der Waals surface area contributed by atoms with Crippen LogP contribution in [0.15, 0.2) is 158 Å². The van der Waals surface area contributed by atoms with Crippen molar-refractivity contribution in [3.63, 3.8) is 0 Å². The first-order valence-corrected chi connectivity index (χ1v) is 37.7. The van der Waals surface area contributed by atoms with Crippen molar-refractivity contribution in [2.24, 2.45) is 0 Å². The van der Waals surface area contributed by atoms with Crippen LogP contribution in [0, 0.1) is 0 Å². The van der Waals surface area contributed by atoms with E-state index < -0.39 is 26.5 Å². The van der Waals surface area contributed by atoms with Crippen LogP contribution in [0.1, 0.15) is 284 Å². The Kier molecular flexibility index (Phi) is 65.6. The van der Waals surface area contributed by atoms with Crippen molar-refractivity contribution in [1.29, 1.82) is 0 Å². The van der Waals surface area contributed by atoms with Crippen molar-refractivity contribution in [3.8, 4) is 0 Å². The Morgan fingerprint density at radius 1 is 0.344 bits per heavy atom. The topological polar surface area (TPSA) is 108 Å². The van der Waals surface area contributed by atoms with Crippen LogP contribution < -0.4 is 0 Å². The molecule has 0 heterocycles. The predicted molar refractivity (Wildman–Crippen MR) is 390 cm³/mol. The fraction of sp³-hybridized carbons (Fsp3) is 0.650. The second-order valence-electron chi connectivity index (χ2n) is 24.9. The zero-order valence-corrected chi connectivity index (χ0v) is 59.2. The molecule has 0 bridgehead atoms. The van der Waals surface area contributed by atoms with Crippen molar-refractivity contribution in [1.82, 2.24) is 0 Å². The number of nitrogens with zero attached hydrogens (tertiary/aromatic N) is 1. The van der Waals surface area contributed by atoms with Crippen LogP contribution in [0.25, 0.3) is 0 Å². The molecule has 0 aromatic heterocycles. The van der Waals surface area contributed by atoms with Gasteiger partial charge in [-0.05, 0) is 116 Å². The summed E-state index contributed by atoms with van der Waals surface area (Å²) in [6, 6.07) is 0. The molecular formula is C80H135NO8P+. The van der Waals surface area contributed by atoms with Crippen LogP contribution in [-0.2, 0) is 32.7 Å². The molecule has 90 heavy (non-hydrogen) atoms. The number of hydrogen-bond donors (Lipinski definition) is 1. The van der Waals surface area contributed by atoms with Crippen molar-refractivity contribution in [2.45, 2.75) is 290 Å². The summed E-state index contributed by atoms with van der Waals surface area (Å²) in [4.78, 5) is 35.9. The molecule has 2 atom stereocenters. The highest BCUT2D eigenvalue weighted by Crippen LogP contribution is 2.43. The third kappa shape index (κ3) is 72.7. The number of carbonyl (C=O) groups is 2. The lowest BCUT2D eigenvalue weighted by molar-refractivity contribution is -0.870. The van der Waals surface area contributed by atoms with Crippen LogP contribution in [0.2, 0.25) is 0 Å². The molecule has 0 rings (SSSR count). The van der Waals surface area contributed by atoms with E-state index in [0.29, 0.717) is 23.9 Å². The minimum atomic E-state index is -4.42. The largest absolute Gasteiger partial charge is 0.472 e. The van der Waals surface area contributed by atoms with Gasteiger partial charge in [0.25, 0.3) is 0 Å². The number of phosphoric ester groups is 1. The second-order valence-corrected chi connectivity index (χ2v) is 26.3. The van der Waals surface area contributed by atoms with E-state index in [2.05, 4.69) is 172 Å². The molecule has 0 fully saturated rings. The SMILES string of the molecule is CC/C=C\C/C=C\C/C=C\C/C=C\C/C=C\C/C=C\C/C=C\C/C=C\C/C=C\CCCC(=O)OC(COC(=O)CCCCCCCCCCCCCCCCCCCCCCCCCC/C=C\C/C=C\C/C=C\C/C=C\CC)COP(=O)(O)OCC[N+](C)(C)C. The first kappa shape index (κ1) is 85.6. The number of rotatable bonds is 65. The molecule has 0 aromatic rings. The summed E-state index contributed by atoms with van der Waals surface area (Å²) < 4.78 is 34.6. The smallest absolute Gasteiger partial charge is 0.462 e. The molecule has 0 radical (unpaired) electrons. The van der Waals surface area contributed by atoms with Gasteiger partial charge in [-0.1, -0.05) is 313 Å². The monoisotopic (exact) mass is 1270 g/mol. The van der Waals surface area contributed by atoms with E-state index in [9.17, 15) is 19.0 Å². The average molecular weight is 1270 g/mol. The van der Waals surface area contributed by atoms with E-state index in [0.717, 1.165) is 103 Å². The van der Waals surface area contributed by atoms with E-state index in [1.807, 2.05) is 21.1 Å². The summed E-state index contributed by atoms with van der Waals surface area (Å²) in [6.07, 6.45) is 104. The normalized spacial score (nSPS) is 14.1. The quantitative estimate of drug-likeness (QED) is 0.0211. The summed E-state index contributed by atoms with van der Waals surface area (Å²) in [7, 11) is 1.43. The van der Waals surface area contributed by atoms with Crippen LogP contribution >= 0.6 is 7.82 Å². The molecule has 0 aliphatic heterocycles. The summed E-state index contributed by atoms with van der Waals surface area (Å²) in [5.41, 5.74) is 0. The molecule has 0 saturated carbocycles. The van der Waals surface area contributed by atoms with Gasteiger partial charge in [-0.25, -0.2) is 4.57 Å². The van der Waals surface area contributed by atoms with Gasteiger partial charge in [0.05, 0.1) is 27.7 Å². The Morgan fingerprint density at radius 2 is 0.611 bits per heavy atom. The van der Waals surface area contributed by atoms with Crippen molar-refractivity contribution in [2.75, 3.05) is 47.5 Å². The van der Waals surface area contributed by atoms with Gasteiger partial charge in [0.15, 0.2) is 6.10 Å². The van der Waals surface area contributed by atoms with Crippen LogP contribution in [-0.4, -0.2) is 74.9 Å². The minimum Gasteiger partial charge on any atom is -0.462 e. The third-order valence-corrected chi connectivity index (χ3v) is 16.0. The molecule has 0 amide bonds. The molecule has 0 aliphatic rings. The lowest BCUT2D eigenvalue weighted by Gasteiger charge is -2.24. The number of hydrogen-bond acceptors (Lipinski definition) is 7. The third-order valence-electron chi connectivity index (χ3n) is 15.1. The molecule has 0 aliphatic carbocycles. The van der Waals surface area contributed by atoms with Gasteiger partial charge in [0.2, 0.25) is 0 Å². The lowest BCUT2D eigenvalue weighted by atomic mass is 10.0.